The molecule has 0 aromatic carbocycles. The highest BCUT2D eigenvalue weighted by Gasteiger charge is 2.28. The van der Waals surface area contributed by atoms with Crippen molar-refractivity contribution in [3.8, 4) is 0 Å². The fraction of sp³-hybridized carbons (Fsp3) is 0.765. The zero-order valence-corrected chi connectivity index (χ0v) is 13.4. The van der Waals surface area contributed by atoms with Crippen molar-refractivity contribution >= 4 is 11.8 Å². The lowest BCUT2D eigenvalue weighted by molar-refractivity contribution is -0.138. The molecule has 122 valence electrons. The summed E-state index contributed by atoms with van der Waals surface area (Å²) in [5.41, 5.74) is 0. The maximum Gasteiger partial charge on any atom is 0.236 e. The third-order valence-corrected chi connectivity index (χ3v) is 5.12. The van der Waals surface area contributed by atoms with Gasteiger partial charge in [0.15, 0.2) is 0 Å². The van der Waals surface area contributed by atoms with Crippen LogP contribution in [0.5, 0.6) is 0 Å². The van der Waals surface area contributed by atoms with Gasteiger partial charge in [-0.15, -0.1) is 0 Å². The molecule has 2 fully saturated rings. The molecular weight excluding hydrogens is 278 g/mol. The number of carbonyl (C=O) groups excluding carboxylic acids is 2. The molecule has 3 rings (SSSR count). The SMILES string of the molecule is O=C(CN1CCN(C(=O)C2CC=CCC2)CC1)N1CCCC1. The van der Waals surface area contributed by atoms with Gasteiger partial charge in [0.1, 0.15) is 0 Å². The summed E-state index contributed by atoms with van der Waals surface area (Å²) in [6.45, 7) is 5.56. The minimum Gasteiger partial charge on any atom is -0.342 e. The van der Waals surface area contributed by atoms with Crippen molar-refractivity contribution in [2.75, 3.05) is 45.8 Å². The Morgan fingerprint density at radius 1 is 0.909 bits per heavy atom. The molecule has 0 aromatic rings. The summed E-state index contributed by atoms with van der Waals surface area (Å²) in [5.74, 6) is 0.757. The van der Waals surface area contributed by atoms with E-state index in [-0.39, 0.29) is 11.8 Å². The van der Waals surface area contributed by atoms with Gasteiger partial charge in [-0.2, -0.15) is 0 Å². The van der Waals surface area contributed by atoms with E-state index in [1.165, 1.54) is 0 Å². The van der Waals surface area contributed by atoms with E-state index >= 15 is 0 Å². The van der Waals surface area contributed by atoms with Gasteiger partial charge in [0, 0.05) is 45.2 Å². The number of likely N-dealkylation sites (tertiary alicyclic amines) is 1. The largest absolute Gasteiger partial charge is 0.342 e. The van der Waals surface area contributed by atoms with Gasteiger partial charge in [0.25, 0.3) is 0 Å². The molecule has 1 aliphatic carbocycles. The van der Waals surface area contributed by atoms with Crippen LogP contribution in [-0.4, -0.2) is 72.3 Å². The fourth-order valence-corrected chi connectivity index (χ4v) is 3.66. The Morgan fingerprint density at radius 3 is 2.27 bits per heavy atom. The molecule has 0 aromatic heterocycles. The van der Waals surface area contributed by atoms with Crippen molar-refractivity contribution in [3.05, 3.63) is 12.2 Å². The predicted octanol–water partition coefficient (Wildman–Crippen LogP) is 1.11. The van der Waals surface area contributed by atoms with Gasteiger partial charge < -0.3 is 9.80 Å². The average molecular weight is 305 g/mol. The van der Waals surface area contributed by atoms with Gasteiger partial charge in [-0.05, 0) is 32.1 Å². The summed E-state index contributed by atoms with van der Waals surface area (Å²) in [6, 6.07) is 0. The molecule has 0 N–H and O–H groups in total. The highest BCUT2D eigenvalue weighted by Crippen LogP contribution is 2.21. The minimum absolute atomic E-state index is 0.183. The molecule has 1 atom stereocenters. The smallest absolute Gasteiger partial charge is 0.236 e. The zero-order chi connectivity index (χ0) is 15.4. The van der Waals surface area contributed by atoms with Crippen molar-refractivity contribution < 1.29 is 9.59 Å². The predicted molar refractivity (Wildman–Crippen MR) is 85.3 cm³/mol. The third kappa shape index (κ3) is 3.69. The molecule has 5 heteroatoms. The summed E-state index contributed by atoms with van der Waals surface area (Å²) in [6.07, 6.45) is 9.51. The van der Waals surface area contributed by atoms with E-state index in [1.54, 1.807) is 0 Å². The van der Waals surface area contributed by atoms with Crippen LogP contribution in [0.25, 0.3) is 0 Å². The molecule has 0 saturated carbocycles. The number of piperazine rings is 1. The Labute approximate surface area is 132 Å². The number of nitrogens with zero attached hydrogens (tertiary/aromatic N) is 3. The van der Waals surface area contributed by atoms with E-state index in [0.29, 0.717) is 12.5 Å². The maximum atomic E-state index is 12.5. The van der Waals surface area contributed by atoms with Crippen LogP contribution >= 0.6 is 0 Å². The first kappa shape index (κ1) is 15.5. The topological polar surface area (TPSA) is 43.9 Å². The average Bonchev–Trinajstić information content (AvgIpc) is 3.10. The van der Waals surface area contributed by atoms with Crippen molar-refractivity contribution in [2.45, 2.75) is 32.1 Å². The molecule has 1 unspecified atom stereocenters. The van der Waals surface area contributed by atoms with Gasteiger partial charge in [-0.1, -0.05) is 12.2 Å². The Morgan fingerprint density at radius 2 is 1.64 bits per heavy atom. The summed E-state index contributed by atoms with van der Waals surface area (Å²) in [7, 11) is 0. The first-order chi connectivity index (χ1) is 10.7. The maximum absolute atomic E-state index is 12.5. The molecule has 2 saturated heterocycles. The van der Waals surface area contributed by atoms with Crippen LogP contribution in [0.3, 0.4) is 0 Å². The van der Waals surface area contributed by atoms with E-state index in [2.05, 4.69) is 17.1 Å². The van der Waals surface area contributed by atoms with Crippen molar-refractivity contribution in [2.24, 2.45) is 5.92 Å². The van der Waals surface area contributed by atoms with Crippen LogP contribution in [-0.2, 0) is 9.59 Å². The molecule has 3 aliphatic rings. The highest BCUT2D eigenvalue weighted by molar-refractivity contribution is 5.80. The second kappa shape index (κ2) is 7.27. The molecular formula is C17H27N3O2. The van der Waals surface area contributed by atoms with Gasteiger partial charge >= 0.3 is 0 Å². The second-order valence-corrected chi connectivity index (χ2v) is 6.67. The summed E-state index contributed by atoms with van der Waals surface area (Å²) in [4.78, 5) is 30.8. The van der Waals surface area contributed by atoms with Crippen molar-refractivity contribution in [3.63, 3.8) is 0 Å². The number of rotatable bonds is 3. The number of hydrogen-bond donors (Lipinski definition) is 0. The lowest BCUT2D eigenvalue weighted by Crippen LogP contribution is -2.52. The molecule has 22 heavy (non-hydrogen) atoms. The Balaban J connectivity index is 1.42. The van der Waals surface area contributed by atoms with Gasteiger partial charge in [-0.25, -0.2) is 0 Å². The van der Waals surface area contributed by atoms with Crippen LogP contribution in [0.2, 0.25) is 0 Å². The Kier molecular flexibility index (Phi) is 5.13. The molecule has 0 spiro atoms. The normalized spacial score (nSPS) is 26.5. The Hall–Kier alpha value is -1.36. The monoisotopic (exact) mass is 305 g/mol. The summed E-state index contributed by atoms with van der Waals surface area (Å²) >= 11 is 0. The van der Waals surface area contributed by atoms with E-state index in [0.717, 1.165) is 71.4 Å². The van der Waals surface area contributed by atoms with Gasteiger partial charge in [0.2, 0.25) is 11.8 Å². The molecule has 2 aliphatic heterocycles. The first-order valence-electron chi connectivity index (χ1n) is 8.68. The van der Waals surface area contributed by atoms with E-state index < -0.39 is 0 Å². The van der Waals surface area contributed by atoms with Crippen molar-refractivity contribution in [1.82, 2.24) is 14.7 Å². The molecule has 0 radical (unpaired) electrons. The van der Waals surface area contributed by atoms with Gasteiger partial charge in [0.05, 0.1) is 6.54 Å². The number of carbonyl (C=O) groups is 2. The van der Waals surface area contributed by atoms with Crippen LogP contribution in [0.1, 0.15) is 32.1 Å². The lowest BCUT2D eigenvalue weighted by Gasteiger charge is -2.36. The Bertz CT molecular complexity index is 435. The summed E-state index contributed by atoms with van der Waals surface area (Å²) < 4.78 is 0. The van der Waals surface area contributed by atoms with Crippen LogP contribution < -0.4 is 0 Å². The zero-order valence-electron chi connectivity index (χ0n) is 13.4. The van der Waals surface area contributed by atoms with E-state index in [4.69, 9.17) is 0 Å². The van der Waals surface area contributed by atoms with Crippen LogP contribution in [0.15, 0.2) is 12.2 Å². The standard InChI is InChI=1S/C17H27N3O2/c21-16(19-8-4-5-9-19)14-18-10-12-20(13-11-18)17(22)15-6-2-1-3-7-15/h1-2,15H,3-14H2. The number of allylic oxidation sites excluding steroid dienone is 2. The van der Waals surface area contributed by atoms with E-state index in [1.807, 2.05) is 9.80 Å². The quantitative estimate of drug-likeness (QED) is 0.734. The second-order valence-electron chi connectivity index (χ2n) is 6.67. The lowest BCUT2D eigenvalue weighted by atomic mass is 9.93. The van der Waals surface area contributed by atoms with Crippen LogP contribution in [0.4, 0.5) is 0 Å². The fourth-order valence-electron chi connectivity index (χ4n) is 3.66. The van der Waals surface area contributed by atoms with Gasteiger partial charge in [-0.3, -0.25) is 14.5 Å². The highest BCUT2D eigenvalue weighted by atomic mass is 16.2. The van der Waals surface area contributed by atoms with Crippen LogP contribution in [0, 0.1) is 5.92 Å². The number of hydrogen-bond acceptors (Lipinski definition) is 3. The minimum atomic E-state index is 0.183. The van der Waals surface area contributed by atoms with Crippen molar-refractivity contribution in [1.29, 1.82) is 0 Å². The third-order valence-electron chi connectivity index (χ3n) is 5.12. The molecule has 2 amide bonds. The summed E-state index contributed by atoms with van der Waals surface area (Å²) in [5, 5.41) is 0. The molecule has 5 nitrogen and oxygen atoms in total. The van der Waals surface area contributed by atoms with E-state index in [9.17, 15) is 9.59 Å². The number of amides is 2. The molecule has 2 heterocycles. The molecule has 0 bridgehead atoms. The first-order valence-corrected chi connectivity index (χ1v) is 8.68.